The molecule has 17 heavy (non-hydrogen) atoms. The van der Waals surface area contributed by atoms with Gasteiger partial charge in [-0.3, -0.25) is 4.79 Å². The van der Waals surface area contributed by atoms with E-state index in [1.165, 1.54) is 32.1 Å². The molecule has 0 rings (SSSR count). The van der Waals surface area contributed by atoms with Crippen molar-refractivity contribution in [3.05, 3.63) is 0 Å². The van der Waals surface area contributed by atoms with Gasteiger partial charge in [0.15, 0.2) is 0 Å². The maximum atomic E-state index is 11.2. The third-order valence-electron chi connectivity index (χ3n) is 2.87. The summed E-state index contributed by atoms with van der Waals surface area (Å²) in [6.45, 7) is 4.36. The molecule has 0 aliphatic rings. The Hall–Kier alpha value is -0.465. The summed E-state index contributed by atoms with van der Waals surface area (Å²) in [6.07, 6.45) is 12.4. The van der Waals surface area contributed by atoms with Gasteiger partial charge >= 0.3 is 7.48 Å². The van der Waals surface area contributed by atoms with Gasteiger partial charge in [-0.2, -0.15) is 0 Å². The molecule has 0 saturated carbocycles. The van der Waals surface area contributed by atoms with Gasteiger partial charge in [0.2, 0.25) is 0 Å². The summed E-state index contributed by atoms with van der Waals surface area (Å²) >= 11 is 0. The fraction of sp³-hybridized carbons (Fsp3) is 0.929. The van der Waals surface area contributed by atoms with Crippen molar-refractivity contribution >= 4 is 13.5 Å². The molecule has 0 bridgehead atoms. The van der Waals surface area contributed by atoms with E-state index >= 15 is 0 Å². The minimum absolute atomic E-state index is 0.0653. The fourth-order valence-corrected chi connectivity index (χ4v) is 1.74. The molecule has 0 amide bonds. The van der Waals surface area contributed by atoms with Crippen LogP contribution in [0.5, 0.6) is 0 Å². The summed E-state index contributed by atoms with van der Waals surface area (Å²) in [5.41, 5.74) is 0. The van der Waals surface area contributed by atoms with E-state index < -0.39 is 0 Å². The molecular weight excluding hydrogens is 211 g/mol. The van der Waals surface area contributed by atoms with Gasteiger partial charge in [-0.1, -0.05) is 65.2 Å². The fourth-order valence-electron chi connectivity index (χ4n) is 1.74. The smallest absolute Gasteiger partial charge is 0.373 e. The third kappa shape index (κ3) is 13.5. The van der Waals surface area contributed by atoms with E-state index in [1.807, 2.05) is 0 Å². The molecule has 0 unspecified atom stereocenters. The summed E-state index contributed by atoms with van der Waals surface area (Å²) in [5.74, 6) is -0.0653. The van der Waals surface area contributed by atoms with Gasteiger partial charge in [0.1, 0.15) is 0 Å². The Labute approximate surface area is 108 Å². The molecule has 1 radical (unpaired) electrons. The van der Waals surface area contributed by atoms with E-state index in [0.717, 1.165) is 32.0 Å². The number of hydrogen-bond acceptors (Lipinski definition) is 2. The first kappa shape index (κ1) is 16.5. The topological polar surface area (TPSA) is 26.3 Å². The van der Waals surface area contributed by atoms with Gasteiger partial charge in [0.05, 0.1) is 0 Å². The zero-order valence-corrected chi connectivity index (χ0v) is 11.7. The second-order valence-electron chi connectivity index (χ2n) is 4.67. The van der Waals surface area contributed by atoms with Crippen molar-refractivity contribution < 1.29 is 9.45 Å². The van der Waals surface area contributed by atoms with Crippen molar-refractivity contribution in [1.82, 2.24) is 0 Å². The predicted octanol–water partition coefficient (Wildman–Crippen LogP) is 4.51. The van der Waals surface area contributed by atoms with Crippen LogP contribution < -0.4 is 0 Å². The SMILES string of the molecule is CCCCCCCC[B]OC(=O)CCCCC. The molecule has 0 spiro atoms. The number of carbonyl (C=O) groups is 1. The van der Waals surface area contributed by atoms with Crippen LogP contribution in [0.3, 0.4) is 0 Å². The lowest BCUT2D eigenvalue weighted by Crippen LogP contribution is -2.08. The Morgan fingerprint density at radius 2 is 1.47 bits per heavy atom. The van der Waals surface area contributed by atoms with Crippen LogP contribution in [0.15, 0.2) is 0 Å². The summed E-state index contributed by atoms with van der Waals surface area (Å²) in [4.78, 5) is 11.2. The average molecular weight is 239 g/mol. The summed E-state index contributed by atoms with van der Waals surface area (Å²) in [7, 11) is 1.69. The molecule has 0 N–H and O–H groups in total. The first-order chi connectivity index (χ1) is 8.31. The lowest BCUT2D eigenvalue weighted by atomic mass is 9.90. The summed E-state index contributed by atoms with van der Waals surface area (Å²) in [6, 6.07) is 0. The van der Waals surface area contributed by atoms with Crippen LogP contribution in [-0.2, 0) is 9.45 Å². The van der Waals surface area contributed by atoms with E-state index in [2.05, 4.69) is 13.8 Å². The standard InChI is InChI=1S/C14H28BO2/c1-3-5-7-8-9-11-13-15-17-14(16)12-10-6-4-2/h3-13H2,1-2H3. The predicted molar refractivity (Wildman–Crippen MR) is 74.2 cm³/mol. The lowest BCUT2D eigenvalue weighted by molar-refractivity contribution is -0.134. The van der Waals surface area contributed by atoms with Crippen LogP contribution in [-0.4, -0.2) is 13.5 Å². The van der Waals surface area contributed by atoms with Crippen molar-refractivity contribution in [1.29, 1.82) is 0 Å². The second kappa shape index (κ2) is 13.6. The van der Waals surface area contributed by atoms with Crippen LogP contribution in [0.2, 0.25) is 6.32 Å². The number of rotatable bonds is 12. The van der Waals surface area contributed by atoms with Gasteiger partial charge in [-0.05, 0) is 12.7 Å². The Bertz CT molecular complexity index is 172. The zero-order valence-electron chi connectivity index (χ0n) is 11.7. The average Bonchev–Trinajstić information content (AvgIpc) is 2.33. The van der Waals surface area contributed by atoms with E-state index in [-0.39, 0.29) is 5.97 Å². The van der Waals surface area contributed by atoms with Crippen molar-refractivity contribution in [2.75, 3.05) is 0 Å². The zero-order chi connectivity index (χ0) is 12.8. The van der Waals surface area contributed by atoms with Crippen molar-refractivity contribution in [3.8, 4) is 0 Å². The Morgan fingerprint density at radius 1 is 0.882 bits per heavy atom. The van der Waals surface area contributed by atoms with Gasteiger partial charge in [-0.25, -0.2) is 0 Å². The largest absolute Gasteiger partial charge is 0.539 e. The normalized spacial score (nSPS) is 10.2. The molecule has 0 saturated heterocycles. The molecular formula is C14H28BO2. The highest BCUT2D eigenvalue weighted by Gasteiger charge is 2.03. The second-order valence-corrected chi connectivity index (χ2v) is 4.67. The van der Waals surface area contributed by atoms with Crippen LogP contribution in [0.4, 0.5) is 0 Å². The van der Waals surface area contributed by atoms with Crippen molar-refractivity contribution in [2.45, 2.75) is 84.4 Å². The van der Waals surface area contributed by atoms with E-state index in [9.17, 15) is 4.79 Å². The third-order valence-corrected chi connectivity index (χ3v) is 2.87. The van der Waals surface area contributed by atoms with E-state index in [4.69, 9.17) is 4.65 Å². The van der Waals surface area contributed by atoms with Gasteiger partial charge in [0.25, 0.3) is 5.97 Å². The van der Waals surface area contributed by atoms with Gasteiger partial charge < -0.3 is 4.65 Å². The molecule has 2 nitrogen and oxygen atoms in total. The minimum atomic E-state index is -0.0653. The summed E-state index contributed by atoms with van der Waals surface area (Å²) in [5, 5.41) is 0. The minimum Gasteiger partial charge on any atom is -0.539 e. The van der Waals surface area contributed by atoms with Gasteiger partial charge in [0, 0.05) is 6.42 Å². The maximum Gasteiger partial charge on any atom is 0.373 e. The molecule has 0 aromatic heterocycles. The van der Waals surface area contributed by atoms with E-state index in [1.54, 1.807) is 7.48 Å². The van der Waals surface area contributed by atoms with Crippen molar-refractivity contribution in [3.63, 3.8) is 0 Å². The molecule has 0 aliphatic heterocycles. The van der Waals surface area contributed by atoms with Gasteiger partial charge in [-0.15, -0.1) is 0 Å². The quantitative estimate of drug-likeness (QED) is 0.370. The highest BCUT2D eigenvalue weighted by atomic mass is 16.5. The van der Waals surface area contributed by atoms with E-state index in [0.29, 0.717) is 6.42 Å². The molecule has 0 aromatic rings. The first-order valence-corrected chi connectivity index (χ1v) is 7.32. The van der Waals surface area contributed by atoms with Crippen LogP contribution in [0.1, 0.15) is 78.1 Å². The number of carbonyl (C=O) groups excluding carboxylic acids is 1. The summed E-state index contributed by atoms with van der Waals surface area (Å²) < 4.78 is 5.05. The Kier molecular flexibility index (Phi) is 13.2. The molecule has 0 atom stereocenters. The Morgan fingerprint density at radius 3 is 2.18 bits per heavy atom. The Balaban J connectivity index is 3.08. The lowest BCUT2D eigenvalue weighted by Gasteiger charge is -2.03. The molecule has 0 fully saturated rings. The molecule has 3 heteroatoms. The molecule has 99 valence electrons. The number of hydrogen-bond donors (Lipinski definition) is 0. The monoisotopic (exact) mass is 239 g/mol. The first-order valence-electron chi connectivity index (χ1n) is 7.32. The van der Waals surface area contributed by atoms with Crippen molar-refractivity contribution in [2.24, 2.45) is 0 Å². The molecule has 0 aromatic carbocycles. The maximum absolute atomic E-state index is 11.2. The highest BCUT2D eigenvalue weighted by molar-refractivity contribution is 6.30. The van der Waals surface area contributed by atoms with Crippen LogP contribution in [0.25, 0.3) is 0 Å². The molecule has 0 heterocycles. The van der Waals surface area contributed by atoms with Crippen LogP contribution >= 0.6 is 0 Å². The van der Waals surface area contributed by atoms with Crippen LogP contribution in [0, 0.1) is 0 Å². The highest BCUT2D eigenvalue weighted by Crippen LogP contribution is 2.07. The number of unbranched alkanes of at least 4 members (excludes halogenated alkanes) is 7. The molecule has 0 aliphatic carbocycles.